The van der Waals surface area contributed by atoms with Gasteiger partial charge in [0.25, 0.3) is 5.91 Å². The molecule has 17 heavy (non-hydrogen) atoms. The van der Waals surface area contributed by atoms with E-state index < -0.39 is 6.10 Å². The van der Waals surface area contributed by atoms with Gasteiger partial charge in [-0.1, -0.05) is 25.0 Å². The molecule has 0 unspecified atom stereocenters. The Morgan fingerprint density at radius 3 is 2.71 bits per heavy atom. The average Bonchev–Trinajstić information content (AvgIpc) is 2.32. The first-order chi connectivity index (χ1) is 8.18. The molecule has 1 aliphatic carbocycles. The molecule has 0 radical (unpaired) electrons. The quantitative estimate of drug-likeness (QED) is 0.881. The Labute approximate surface area is 109 Å². The zero-order valence-electron chi connectivity index (χ0n) is 9.53. The molecule has 1 fully saturated rings. The molecule has 1 aliphatic rings. The highest BCUT2D eigenvalue weighted by molar-refractivity contribution is 9.10. The number of rotatable bonds is 2. The normalized spacial score (nSPS) is 24.4. The van der Waals surface area contributed by atoms with Gasteiger partial charge in [0.15, 0.2) is 0 Å². The molecule has 1 amide bonds. The monoisotopic (exact) mass is 297 g/mol. The number of benzene rings is 1. The minimum absolute atomic E-state index is 0.108. The smallest absolute Gasteiger partial charge is 0.252 e. The first-order valence-electron chi connectivity index (χ1n) is 5.92. The standard InChI is InChI=1S/C13H16BrNO2/c14-10-6-2-1-5-9(10)13(17)15-11-7-3-4-8-12(11)16/h1-2,5-6,11-12,16H,3-4,7-8H2,(H,15,17)/t11-,12-/m1/s1. The van der Waals surface area contributed by atoms with E-state index in [2.05, 4.69) is 21.2 Å². The molecule has 0 bridgehead atoms. The number of hydrogen-bond donors (Lipinski definition) is 2. The van der Waals surface area contributed by atoms with Crippen LogP contribution in [0.3, 0.4) is 0 Å². The maximum Gasteiger partial charge on any atom is 0.252 e. The van der Waals surface area contributed by atoms with Gasteiger partial charge in [0.2, 0.25) is 0 Å². The molecule has 0 aromatic heterocycles. The van der Waals surface area contributed by atoms with E-state index in [1.54, 1.807) is 6.07 Å². The zero-order valence-corrected chi connectivity index (χ0v) is 11.1. The minimum Gasteiger partial charge on any atom is -0.391 e. The lowest BCUT2D eigenvalue weighted by Crippen LogP contribution is -2.45. The Bertz CT molecular complexity index is 408. The molecule has 0 aliphatic heterocycles. The molecule has 0 saturated heterocycles. The molecule has 1 aromatic carbocycles. The third-order valence-electron chi connectivity index (χ3n) is 3.16. The van der Waals surface area contributed by atoms with Gasteiger partial charge in [-0.15, -0.1) is 0 Å². The Hall–Kier alpha value is -0.870. The molecule has 0 heterocycles. The van der Waals surface area contributed by atoms with Crippen molar-refractivity contribution >= 4 is 21.8 Å². The average molecular weight is 298 g/mol. The second kappa shape index (κ2) is 5.65. The molecule has 0 spiro atoms. The van der Waals surface area contributed by atoms with E-state index in [1.165, 1.54) is 0 Å². The highest BCUT2D eigenvalue weighted by Gasteiger charge is 2.25. The van der Waals surface area contributed by atoms with E-state index in [4.69, 9.17) is 0 Å². The Kier molecular flexibility index (Phi) is 4.18. The van der Waals surface area contributed by atoms with Crippen molar-refractivity contribution in [2.75, 3.05) is 0 Å². The number of halogens is 1. The lowest BCUT2D eigenvalue weighted by Gasteiger charge is -2.28. The van der Waals surface area contributed by atoms with E-state index >= 15 is 0 Å². The first kappa shape index (κ1) is 12.6. The van der Waals surface area contributed by atoms with Crippen LogP contribution in [0.25, 0.3) is 0 Å². The molecule has 4 heteroatoms. The largest absolute Gasteiger partial charge is 0.391 e. The number of nitrogens with one attached hydrogen (secondary N) is 1. The molecule has 2 rings (SSSR count). The number of carbonyl (C=O) groups excluding carboxylic acids is 1. The van der Waals surface area contributed by atoms with Crippen LogP contribution in [0.1, 0.15) is 36.0 Å². The summed E-state index contributed by atoms with van der Waals surface area (Å²) in [6, 6.07) is 7.21. The van der Waals surface area contributed by atoms with Gasteiger partial charge in [0.1, 0.15) is 0 Å². The van der Waals surface area contributed by atoms with Gasteiger partial charge in [0, 0.05) is 4.47 Å². The van der Waals surface area contributed by atoms with Crippen LogP contribution in [0.2, 0.25) is 0 Å². The van der Waals surface area contributed by atoms with Gasteiger partial charge >= 0.3 is 0 Å². The van der Waals surface area contributed by atoms with Crippen molar-refractivity contribution in [3.05, 3.63) is 34.3 Å². The summed E-state index contributed by atoms with van der Waals surface area (Å²) in [6.45, 7) is 0. The van der Waals surface area contributed by atoms with E-state index in [0.717, 1.165) is 30.2 Å². The maximum atomic E-state index is 12.0. The molecule has 1 aromatic rings. The van der Waals surface area contributed by atoms with E-state index in [0.29, 0.717) is 5.56 Å². The van der Waals surface area contributed by atoms with Crippen molar-refractivity contribution in [3.63, 3.8) is 0 Å². The van der Waals surface area contributed by atoms with Gasteiger partial charge in [-0.2, -0.15) is 0 Å². The summed E-state index contributed by atoms with van der Waals surface area (Å²) in [7, 11) is 0. The zero-order chi connectivity index (χ0) is 12.3. The molecule has 2 atom stereocenters. The fourth-order valence-corrected chi connectivity index (χ4v) is 2.64. The summed E-state index contributed by atoms with van der Waals surface area (Å²) in [5.41, 5.74) is 0.616. The van der Waals surface area contributed by atoms with Gasteiger partial charge in [-0.3, -0.25) is 4.79 Å². The summed E-state index contributed by atoms with van der Waals surface area (Å²) >= 11 is 3.35. The minimum atomic E-state index is -0.407. The van der Waals surface area contributed by atoms with Crippen LogP contribution in [0.4, 0.5) is 0 Å². The van der Waals surface area contributed by atoms with E-state index in [1.807, 2.05) is 18.2 Å². The topological polar surface area (TPSA) is 49.3 Å². The second-order valence-corrected chi connectivity index (χ2v) is 5.27. The first-order valence-corrected chi connectivity index (χ1v) is 6.71. The third-order valence-corrected chi connectivity index (χ3v) is 3.86. The molecule has 1 saturated carbocycles. The fourth-order valence-electron chi connectivity index (χ4n) is 2.17. The fraction of sp³-hybridized carbons (Fsp3) is 0.462. The molecule has 2 N–H and O–H groups in total. The Morgan fingerprint density at radius 1 is 1.29 bits per heavy atom. The summed E-state index contributed by atoms with van der Waals surface area (Å²) in [5, 5.41) is 12.7. The number of carbonyl (C=O) groups is 1. The van der Waals surface area contributed by atoms with Crippen molar-refractivity contribution in [2.45, 2.75) is 37.8 Å². The second-order valence-electron chi connectivity index (χ2n) is 4.41. The van der Waals surface area contributed by atoms with Crippen LogP contribution >= 0.6 is 15.9 Å². The summed E-state index contributed by atoms with van der Waals surface area (Å²) < 4.78 is 0.780. The third kappa shape index (κ3) is 3.07. The molecule has 3 nitrogen and oxygen atoms in total. The van der Waals surface area contributed by atoms with Crippen molar-refractivity contribution in [1.29, 1.82) is 0 Å². The van der Waals surface area contributed by atoms with Crippen molar-refractivity contribution < 1.29 is 9.90 Å². The van der Waals surface area contributed by atoms with Crippen LogP contribution in [-0.4, -0.2) is 23.2 Å². The Balaban J connectivity index is 2.04. The van der Waals surface area contributed by atoms with Crippen LogP contribution in [-0.2, 0) is 0 Å². The predicted molar refractivity (Wildman–Crippen MR) is 69.9 cm³/mol. The SMILES string of the molecule is O=C(N[C@@H]1CCCC[C@H]1O)c1ccccc1Br. The van der Waals surface area contributed by atoms with Crippen LogP contribution in [0, 0.1) is 0 Å². The van der Waals surface area contributed by atoms with Crippen molar-refractivity contribution in [3.8, 4) is 0 Å². The summed E-state index contributed by atoms with van der Waals surface area (Å²) in [6.07, 6.45) is 3.34. The number of hydrogen-bond acceptors (Lipinski definition) is 2. The van der Waals surface area contributed by atoms with E-state index in [-0.39, 0.29) is 11.9 Å². The summed E-state index contributed by atoms with van der Waals surface area (Å²) in [4.78, 5) is 12.0. The molecular formula is C13H16BrNO2. The maximum absolute atomic E-state index is 12.0. The van der Waals surface area contributed by atoms with Gasteiger partial charge in [-0.05, 0) is 40.9 Å². The molecular weight excluding hydrogens is 282 g/mol. The van der Waals surface area contributed by atoms with Crippen LogP contribution in [0.5, 0.6) is 0 Å². The van der Waals surface area contributed by atoms with Crippen LogP contribution < -0.4 is 5.32 Å². The number of amides is 1. The van der Waals surface area contributed by atoms with Crippen molar-refractivity contribution in [2.24, 2.45) is 0 Å². The molecule has 92 valence electrons. The highest BCUT2D eigenvalue weighted by atomic mass is 79.9. The lowest BCUT2D eigenvalue weighted by atomic mass is 9.92. The summed E-state index contributed by atoms with van der Waals surface area (Å²) in [5.74, 6) is -0.122. The van der Waals surface area contributed by atoms with Gasteiger partial charge in [0.05, 0.1) is 17.7 Å². The van der Waals surface area contributed by atoms with E-state index in [9.17, 15) is 9.90 Å². The van der Waals surface area contributed by atoms with Gasteiger partial charge in [-0.25, -0.2) is 0 Å². The van der Waals surface area contributed by atoms with Crippen LogP contribution in [0.15, 0.2) is 28.7 Å². The predicted octanol–water partition coefficient (Wildman–Crippen LogP) is 2.48. The Morgan fingerprint density at radius 2 is 2.00 bits per heavy atom. The van der Waals surface area contributed by atoms with Gasteiger partial charge < -0.3 is 10.4 Å². The lowest BCUT2D eigenvalue weighted by molar-refractivity contribution is 0.0716. The number of aliphatic hydroxyl groups excluding tert-OH is 1. The van der Waals surface area contributed by atoms with Crippen molar-refractivity contribution in [1.82, 2.24) is 5.32 Å². The number of aliphatic hydroxyl groups is 1. The highest BCUT2D eigenvalue weighted by Crippen LogP contribution is 2.20.